The Morgan fingerprint density at radius 2 is 2.24 bits per heavy atom. The van der Waals surface area contributed by atoms with Gasteiger partial charge in [-0.25, -0.2) is 4.98 Å². The average molecular weight is 288 g/mol. The van der Waals surface area contributed by atoms with E-state index in [0.29, 0.717) is 16.8 Å². The van der Waals surface area contributed by atoms with Gasteiger partial charge in [0.2, 0.25) is 11.8 Å². The molecule has 2 aromatic heterocycles. The summed E-state index contributed by atoms with van der Waals surface area (Å²) in [4.78, 5) is 40.7. The van der Waals surface area contributed by atoms with Crippen molar-refractivity contribution < 1.29 is 18.9 Å². The summed E-state index contributed by atoms with van der Waals surface area (Å²) in [7, 11) is 0. The molecular formula is C13H12N4O4. The first kappa shape index (κ1) is 13.2. The van der Waals surface area contributed by atoms with Crippen LogP contribution >= 0.6 is 0 Å². The second-order valence-corrected chi connectivity index (χ2v) is 4.87. The number of carbonyl (C=O) groups is 3. The number of imide groups is 1. The predicted molar refractivity (Wildman–Crippen MR) is 70.2 cm³/mol. The number of amides is 3. The van der Waals surface area contributed by atoms with Gasteiger partial charge in [0.05, 0.1) is 16.6 Å². The molecule has 1 N–H and O–H groups in total. The van der Waals surface area contributed by atoms with Gasteiger partial charge in [0, 0.05) is 6.20 Å². The van der Waals surface area contributed by atoms with Gasteiger partial charge >= 0.3 is 0 Å². The molecular weight excluding hydrogens is 276 g/mol. The molecule has 0 saturated carbocycles. The fourth-order valence-electron chi connectivity index (χ4n) is 2.19. The Bertz CT molecular complexity index is 767. The first-order chi connectivity index (χ1) is 9.97. The zero-order valence-electron chi connectivity index (χ0n) is 11.4. The lowest BCUT2D eigenvalue weighted by Gasteiger charge is -2.31. The quantitative estimate of drug-likeness (QED) is 0.741. The number of fused-ring (bicyclic) bond motifs is 1. The Hall–Kier alpha value is -2.77. The maximum Gasteiger partial charge on any atom is 0.257 e. The number of carbonyl (C=O) groups excluding carboxylic acids is 3. The molecule has 1 unspecified atom stereocenters. The topological polar surface area (TPSA) is 105 Å². The molecule has 3 rings (SSSR count). The van der Waals surface area contributed by atoms with Crippen molar-refractivity contribution in [2.24, 2.45) is 0 Å². The lowest BCUT2D eigenvalue weighted by molar-refractivity contribution is -0.138. The molecule has 21 heavy (non-hydrogen) atoms. The number of hydrogen-bond acceptors (Lipinski definition) is 6. The van der Waals surface area contributed by atoms with Gasteiger partial charge in [-0.3, -0.25) is 19.7 Å². The van der Waals surface area contributed by atoms with Crippen molar-refractivity contribution in [2.75, 3.05) is 6.54 Å². The van der Waals surface area contributed by atoms with E-state index in [9.17, 15) is 14.4 Å². The molecule has 0 aromatic carbocycles. The van der Waals surface area contributed by atoms with Crippen molar-refractivity contribution in [1.82, 2.24) is 20.4 Å². The molecule has 108 valence electrons. The lowest BCUT2D eigenvalue weighted by atomic mass is 10.1. The highest BCUT2D eigenvalue weighted by atomic mass is 16.5. The average Bonchev–Trinajstić information content (AvgIpc) is 2.83. The van der Waals surface area contributed by atoms with Gasteiger partial charge < -0.3 is 9.42 Å². The van der Waals surface area contributed by atoms with E-state index in [1.807, 2.05) is 0 Å². The van der Waals surface area contributed by atoms with Crippen molar-refractivity contribution in [3.63, 3.8) is 0 Å². The number of hydrogen-bond donors (Lipinski definition) is 1. The Morgan fingerprint density at radius 3 is 3.00 bits per heavy atom. The second kappa shape index (κ2) is 4.65. The van der Waals surface area contributed by atoms with E-state index in [0.717, 1.165) is 0 Å². The molecule has 1 aliphatic heterocycles. The minimum Gasteiger partial charge on any atom is -0.336 e. The number of pyridine rings is 1. The summed E-state index contributed by atoms with van der Waals surface area (Å²) in [6, 6.07) is 0.884. The predicted octanol–water partition coefficient (Wildman–Crippen LogP) is 0.0183. The van der Waals surface area contributed by atoms with Crippen LogP contribution in [0, 0.1) is 6.92 Å². The van der Waals surface area contributed by atoms with E-state index in [1.165, 1.54) is 11.1 Å². The number of nitrogens with one attached hydrogen (secondary N) is 1. The highest BCUT2D eigenvalue weighted by Crippen LogP contribution is 2.19. The third kappa shape index (κ3) is 2.14. The van der Waals surface area contributed by atoms with E-state index >= 15 is 0 Å². The molecule has 1 atom stereocenters. The van der Waals surface area contributed by atoms with Crippen LogP contribution in [-0.2, 0) is 9.59 Å². The Morgan fingerprint density at radius 1 is 1.48 bits per heavy atom. The monoisotopic (exact) mass is 288 g/mol. The Labute approximate surface area is 119 Å². The number of aryl methyl sites for hydroxylation is 1. The van der Waals surface area contributed by atoms with E-state index < -0.39 is 23.8 Å². The van der Waals surface area contributed by atoms with Gasteiger partial charge in [-0.2, -0.15) is 0 Å². The third-order valence-corrected chi connectivity index (χ3v) is 3.44. The molecule has 8 heteroatoms. The van der Waals surface area contributed by atoms with Crippen LogP contribution in [-0.4, -0.2) is 45.3 Å². The summed E-state index contributed by atoms with van der Waals surface area (Å²) in [6.45, 7) is 3.14. The standard InChI is InChI=1S/C13H12N4O4/c1-6-9-3-8(4-14-12(9)21-16-6)13(20)17-5-10(18)15-11(19)7(17)2/h3-4,7H,5H2,1-2H3,(H,15,18,19). The second-order valence-electron chi connectivity index (χ2n) is 4.87. The summed E-state index contributed by atoms with van der Waals surface area (Å²) in [5.74, 6) is -1.42. The molecule has 1 aliphatic rings. The van der Waals surface area contributed by atoms with Gasteiger partial charge in [-0.15, -0.1) is 0 Å². The minimum absolute atomic E-state index is 0.160. The van der Waals surface area contributed by atoms with E-state index in [2.05, 4.69) is 15.5 Å². The number of nitrogens with zero attached hydrogens (tertiary/aromatic N) is 3. The van der Waals surface area contributed by atoms with Crippen molar-refractivity contribution in [3.8, 4) is 0 Å². The molecule has 1 saturated heterocycles. The lowest BCUT2D eigenvalue weighted by Crippen LogP contribution is -2.58. The minimum atomic E-state index is -0.713. The number of aromatic nitrogens is 2. The SMILES string of the molecule is Cc1noc2ncc(C(=O)N3CC(=O)NC(=O)C3C)cc12. The molecule has 2 aromatic rings. The normalized spacial score (nSPS) is 19.0. The van der Waals surface area contributed by atoms with Crippen LogP contribution in [0.4, 0.5) is 0 Å². The molecule has 1 fully saturated rings. The van der Waals surface area contributed by atoms with Crippen LogP contribution in [0.15, 0.2) is 16.8 Å². The first-order valence-electron chi connectivity index (χ1n) is 6.34. The van der Waals surface area contributed by atoms with Crippen LogP contribution in [0.2, 0.25) is 0 Å². The smallest absolute Gasteiger partial charge is 0.257 e. The van der Waals surface area contributed by atoms with E-state index in [1.54, 1.807) is 19.9 Å². The zero-order chi connectivity index (χ0) is 15.1. The Kier molecular flexibility index (Phi) is 2.93. The summed E-state index contributed by atoms with van der Waals surface area (Å²) in [5.41, 5.74) is 1.24. The Balaban J connectivity index is 1.97. The fraction of sp³-hybridized carbons (Fsp3) is 0.308. The highest BCUT2D eigenvalue weighted by Gasteiger charge is 2.34. The summed E-state index contributed by atoms with van der Waals surface area (Å²) >= 11 is 0. The third-order valence-electron chi connectivity index (χ3n) is 3.44. The first-order valence-corrected chi connectivity index (χ1v) is 6.34. The molecule has 0 spiro atoms. The molecule has 3 heterocycles. The maximum atomic E-state index is 12.5. The molecule has 0 aliphatic carbocycles. The van der Waals surface area contributed by atoms with Crippen LogP contribution < -0.4 is 5.32 Å². The van der Waals surface area contributed by atoms with Crippen LogP contribution in [0.1, 0.15) is 23.0 Å². The van der Waals surface area contributed by atoms with Gasteiger partial charge in [0.15, 0.2) is 0 Å². The largest absolute Gasteiger partial charge is 0.336 e. The van der Waals surface area contributed by atoms with Crippen molar-refractivity contribution in [1.29, 1.82) is 0 Å². The van der Waals surface area contributed by atoms with Crippen molar-refractivity contribution >= 4 is 28.8 Å². The molecule has 0 radical (unpaired) electrons. The van der Waals surface area contributed by atoms with Gasteiger partial charge in [-0.05, 0) is 19.9 Å². The van der Waals surface area contributed by atoms with Crippen LogP contribution in [0.5, 0.6) is 0 Å². The molecule has 8 nitrogen and oxygen atoms in total. The highest BCUT2D eigenvalue weighted by molar-refractivity contribution is 6.07. The maximum absolute atomic E-state index is 12.5. The van der Waals surface area contributed by atoms with Crippen LogP contribution in [0.3, 0.4) is 0 Å². The zero-order valence-corrected chi connectivity index (χ0v) is 11.4. The fourth-order valence-corrected chi connectivity index (χ4v) is 2.19. The van der Waals surface area contributed by atoms with Crippen molar-refractivity contribution in [3.05, 3.63) is 23.5 Å². The number of rotatable bonds is 1. The van der Waals surface area contributed by atoms with Crippen molar-refractivity contribution in [2.45, 2.75) is 19.9 Å². The van der Waals surface area contributed by atoms with E-state index in [-0.39, 0.29) is 12.1 Å². The van der Waals surface area contributed by atoms with Crippen LogP contribution in [0.25, 0.3) is 11.1 Å². The van der Waals surface area contributed by atoms with Gasteiger partial charge in [0.1, 0.15) is 12.6 Å². The van der Waals surface area contributed by atoms with Gasteiger partial charge in [0.25, 0.3) is 11.6 Å². The molecule has 3 amide bonds. The van der Waals surface area contributed by atoms with E-state index in [4.69, 9.17) is 4.52 Å². The van der Waals surface area contributed by atoms with Gasteiger partial charge in [-0.1, -0.05) is 5.16 Å². The number of piperazine rings is 1. The summed E-state index contributed by atoms with van der Waals surface area (Å²) < 4.78 is 4.98. The summed E-state index contributed by atoms with van der Waals surface area (Å²) in [6.07, 6.45) is 1.35. The molecule has 0 bridgehead atoms. The summed E-state index contributed by atoms with van der Waals surface area (Å²) in [5, 5.41) is 6.58.